The van der Waals surface area contributed by atoms with Crippen LogP contribution in [0.25, 0.3) is 0 Å². The van der Waals surface area contributed by atoms with Crippen molar-refractivity contribution >= 4 is 11.9 Å². The van der Waals surface area contributed by atoms with E-state index in [1.807, 2.05) is 4.90 Å². The molecule has 0 bridgehead atoms. The second-order valence-corrected chi connectivity index (χ2v) is 7.75. The fourth-order valence-electron chi connectivity index (χ4n) is 4.64. The first-order chi connectivity index (χ1) is 13.1. The fourth-order valence-corrected chi connectivity index (χ4v) is 4.64. The minimum Gasteiger partial charge on any atom is -0.381 e. The number of rotatable bonds is 3. The Morgan fingerprint density at radius 1 is 1.22 bits per heavy atom. The van der Waals surface area contributed by atoms with Crippen LogP contribution in [0.2, 0.25) is 0 Å². The van der Waals surface area contributed by atoms with Crippen molar-refractivity contribution in [1.82, 2.24) is 15.1 Å². The van der Waals surface area contributed by atoms with Gasteiger partial charge in [-0.05, 0) is 37.3 Å². The average Bonchev–Trinajstić information content (AvgIpc) is 3.00. The molecule has 3 fully saturated rings. The van der Waals surface area contributed by atoms with Crippen LogP contribution >= 0.6 is 0 Å². The number of amides is 3. The topological polar surface area (TPSA) is 61.9 Å². The number of nitrogens with zero attached hydrogens (tertiary/aromatic N) is 2. The van der Waals surface area contributed by atoms with Crippen LogP contribution in [0.5, 0.6) is 0 Å². The Kier molecular flexibility index (Phi) is 5.04. The maximum Gasteiger partial charge on any atom is 0.318 e. The van der Waals surface area contributed by atoms with E-state index in [1.54, 1.807) is 23.1 Å². The van der Waals surface area contributed by atoms with Crippen LogP contribution in [0, 0.1) is 5.82 Å². The Labute approximate surface area is 158 Å². The van der Waals surface area contributed by atoms with E-state index in [-0.39, 0.29) is 35.8 Å². The molecular formula is C20H26FN3O3. The van der Waals surface area contributed by atoms with E-state index in [1.165, 1.54) is 6.07 Å². The van der Waals surface area contributed by atoms with E-state index >= 15 is 0 Å². The molecule has 3 aliphatic heterocycles. The number of carbonyl (C=O) groups is 2. The molecule has 0 aliphatic carbocycles. The van der Waals surface area contributed by atoms with Crippen LogP contribution in [-0.2, 0) is 16.0 Å². The molecule has 27 heavy (non-hydrogen) atoms. The number of hydrogen-bond acceptors (Lipinski definition) is 3. The molecule has 6 nitrogen and oxygen atoms in total. The summed E-state index contributed by atoms with van der Waals surface area (Å²) in [4.78, 5) is 28.9. The van der Waals surface area contributed by atoms with Gasteiger partial charge in [0.05, 0.1) is 12.0 Å². The minimum atomic E-state index is -0.337. The average molecular weight is 375 g/mol. The van der Waals surface area contributed by atoms with Gasteiger partial charge in [-0.1, -0.05) is 18.2 Å². The highest BCUT2D eigenvalue weighted by molar-refractivity contribution is 5.80. The summed E-state index contributed by atoms with van der Waals surface area (Å²) in [5.41, 5.74) is 0.295. The lowest BCUT2D eigenvalue weighted by molar-refractivity contribution is -0.132. The van der Waals surface area contributed by atoms with E-state index in [0.717, 1.165) is 25.7 Å². The van der Waals surface area contributed by atoms with Crippen molar-refractivity contribution in [3.8, 4) is 0 Å². The van der Waals surface area contributed by atoms with Crippen molar-refractivity contribution in [1.29, 1.82) is 0 Å². The smallest absolute Gasteiger partial charge is 0.318 e. The monoisotopic (exact) mass is 375 g/mol. The third-order valence-electron chi connectivity index (χ3n) is 6.20. The summed E-state index contributed by atoms with van der Waals surface area (Å²) >= 11 is 0. The van der Waals surface area contributed by atoms with Gasteiger partial charge in [0.1, 0.15) is 5.82 Å². The van der Waals surface area contributed by atoms with Crippen LogP contribution < -0.4 is 5.32 Å². The molecule has 0 atom stereocenters. The number of benzene rings is 1. The van der Waals surface area contributed by atoms with Crippen LogP contribution in [0.3, 0.4) is 0 Å². The molecule has 1 aromatic carbocycles. The van der Waals surface area contributed by atoms with E-state index < -0.39 is 0 Å². The fraction of sp³-hybridized carbons (Fsp3) is 0.600. The molecule has 0 radical (unpaired) electrons. The summed E-state index contributed by atoms with van der Waals surface area (Å²) < 4.78 is 19.3. The molecule has 146 valence electrons. The highest BCUT2D eigenvalue weighted by atomic mass is 19.1. The lowest BCUT2D eigenvalue weighted by atomic mass is 9.86. The lowest BCUT2D eigenvalue weighted by Crippen LogP contribution is -2.57. The van der Waals surface area contributed by atoms with Crippen LogP contribution in [0.4, 0.5) is 9.18 Å². The highest BCUT2D eigenvalue weighted by Crippen LogP contribution is 2.35. The number of halogens is 1. The second-order valence-electron chi connectivity index (χ2n) is 7.75. The quantitative estimate of drug-likeness (QED) is 0.878. The first-order valence-electron chi connectivity index (χ1n) is 9.75. The summed E-state index contributed by atoms with van der Waals surface area (Å²) in [6.45, 7) is 3.26. The second kappa shape index (κ2) is 7.46. The van der Waals surface area contributed by atoms with Crippen LogP contribution in [0.1, 0.15) is 31.2 Å². The van der Waals surface area contributed by atoms with Gasteiger partial charge in [0.25, 0.3) is 0 Å². The van der Waals surface area contributed by atoms with Crippen molar-refractivity contribution < 1.29 is 18.7 Å². The number of ether oxygens (including phenoxy) is 1. The summed E-state index contributed by atoms with van der Waals surface area (Å²) in [5.74, 6) is -0.388. The summed E-state index contributed by atoms with van der Waals surface area (Å²) in [6.07, 6.45) is 3.33. The molecule has 1 aromatic rings. The van der Waals surface area contributed by atoms with Gasteiger partial charge in [-0.3, -0.25) is 4.79 Å². The van der Waals surface area contributed by atoms with Gasteiger partial charge in [-0.2, -0.15) is 0 Å². The number of hydrogen-bond donors (Lipinski definition) is 1. The lowest BCUT2D eigenvalue weighted by Gasteiger charge is -2.46. The standard InChI is InChI=1S/C20H26FN3O3/c21-17-4-2-1-3-15(17)13-18(25)23-9-5-16(6-10-23)24-19(26)22-14-20(24)7-11-27-12-8-20/h1-4,16H,5-14H2,(H,22,26). The molecule has 1 N–H and O–H groups in total. The summed E-state index contributed by atoms with van der Waals surface area (Å²) in [5, 5.41) is 3.01. The maximum atomic E-state index is 13.8. The molecule has 0 aromatic heterocycles. The molecule has 3 saturated heterocycles. The molecule has 0 saturated carbocycles. The molecular weight excluding hydrogens is 349 g/mol. The Morgan fingerprint density at radius 3 is 2.63 bits per heavy atom. The number of likely N-dealkylation sites (tertiary alicyclic amines) is 1. The zero-order valence-corrected chi connectivity index (χ0v) is 15.5. The number of urea groups is 1. The van der Waals surface area contributed by atoms with Crippen molar-refractivity contribution in [3.05, 3.63) is 35.6 Å². The van der Waals surface area contributed by atoms with Crippen molar-refractivity contribution in [2.75, 3.05) is 32.8 Å². The Balaban J connectivity index is 1.37. The molecule has 0 unspecified atom stereocenters. The molecule has 4 rings (SSSR count). The Morgan fingerprint density at radius 2 is 1.93 bits per heavy atom. The predicted molar refractivity (Wildman–Crippen MR) is 97.7 cm³/mol. The van der Waals surface area contributed by atoms with Gasteiger partial charge in [-0.15, -0.1) is 0 Å². The van der Waals surface area contributed by atoms with Crippen molar-refractivity contribution in [3.63, 3.8) is 0 Å². The van der Waals surface area contributed by atoms with E-state index in [2.05, 4.69) is 5.32 Å². The normalized spacial score (nSPS) is 22.9. The summed E-state index contributed by atoms with van der Waals surface area (Å²) in [7, 11) is 0. The summed E-state index contributed by atoms with van der Waals surface area (Å²) in [6, 6.07) is 6.56. The zero-order valence-electron chi connectivity index (χ0n) is 15.5. The van der Waals surface area contributed by atoms with Gasteiger partial charge in [0.2, 0.25) is 5.91 Å². The molecule has 1 spiro atoms. The maximum absolute atomic E-state index is 13.8. The van der Waals surface area contributed by atoms with Gasteiger partial charge in [0, 0.05) is 38.9 Å². The van der Waals surface area contributed by atoms with Crippen molar-refractivity contribution in [2.24, 2.45) is 0 Å². The van der Waals surface area contributed by atoms with E-state index in [9.17, 15) is 14.0 Å². The van der Waals surface area contributed by atoms with Gasteiger partial charge in [0.15, 0.2) is 0 Å². The largest absolute Gasteiger partial charge is 0.381 e. The van der Waals surface area contributed by atoms with E-state index in [0.29, 0.717) is 38.4 Å². The first kappa shape index (κ1) is 18.2. The van der Waals surface area contributed by atoms with Gasteiger partial charge in [-0.25, -0.2) is 9.18 Å². The molecule has 3 aliphatic rings. The van der Waals surface area contributed by atoms with Crippen LogP contribution in [0.15, 0.2) is 24.3 Å². The number of piperidine rings is 1. The molecule has 7 heteroatoms. The van der Waals surface area contributed by atoms with Crippen LogP contribution in [-0.4, -0.2) is 66.2 Å². The van der Waals surface area contributed by atoms with Crippen molar-refractivity contribution in [2.45, 2.75) is 43.7 Å². The van der Waals surface area contributed by atoms with E-state index in [4.69, 9.17) is 4.74 Å². The van der Waals surface area contributed by atoms with Gasteiger partial charge < -0.3 is 19.9 Å². The zero-order chi connectivity index (χ0) is 18.9. The third-order valence-corrected chi connectivity index (χ3v) is 6.20. The SMILES string of the molecule is O=C(Cc1ccccc1F)N1CCC(N2C(=O)NCC23CCOCC3)CC1. The Bertz CT molecular complexity index is 712. The Hall–Kier alpha value is -2.15. The third kappa shape index (κ3) is 3.52. The number of carbonyl (C=O) groups excluding carboxylic acids is 2. The van der Waals surface area contributed by atoms with Gasteiger partial charge >= 0.3 is 6.03 Å². The molecule has 3 amide bonds. The predicted octanol–water partition coefficient (Wildman–Crippen LogP) is 1.93. The minimum absolute atomic E-state index is 0.00744. The number of nitrogens with one attached hydrogen (secondary N) is 1. The first-order valence-corrected chi connectivity index (χ1v) is 9.75. The highest BCUT2D eigenvalue weighted by Gasteiger charge is 2.49. The molecule has 3 heterocycles.